The predicted octanol–water partition coefficient (Wildman–Crippen LogP) is 5.79. The van der Waals surface area contributed by atoms with Gasteiger partial charge in [-0.05, 0) is 63.9 Å². The van der Waals surface area contributed by atoms with Crippen LogP contribution >= 0.6 is 0 Å². The van der Waals surface area contributed by atoms with E-state index < -0.39 is 5.67 Å². The van der Waals surface area contributed by atoms with Crippen LogP contribution in [0.5, 0.6) is 11.5 Å². The Bertz CT molecular complexity index is 1770. The molecule has 202 valence electrons. The number of nitrogens with one attached hydrogen (secondary N) is 2. The molecule has 3 heterocycles. The van der Waals surface area contributed by atoms with Crippen molar-refractivity contribution in [1.82, 2.24) is 24.6 Å². The van der Waals surface area contributed by atoms with Gasteiger partial charge in [0.05, 0.1) is 18.3 Å². The first-order chi connectivity index (χ1) is 18.5. The quantitative estimate of drug-likeness (QED) is 0.279. The lowest BCUT2D eigenvalue weighted by Crippen LogP contribution is -2.23. The van der Waals surface area contributed by atoms with Gasteiger partial charge in [0.1, 0.15) is 28.4 Å². The molecule has 0 radical (unpaired) electrons. The number of ether oxygens (including phenoxy) is 1. The van der Waals surface area contributed by atoms with Crippen molar-refractivity contribution in [2.75, 3.05) is 6.54 Å². The fourth-order valence-corrected chi connectivity index (χ4v) is 4.88. The second-order valence-corrected chi connectivity index (χ2v) is 10.5. The summed E-state index contributed by atoms with van der Waals surface area (Å²) >= 11 is 0. The number of aryl methyl sites for hydroxylation is 3. The summed E-state index contributed by atoms with van der Waals surface area (Å²) in [7, 11) is 1.67. The lowest BCUT2D eigenvalue weighted by atomic mass is 10.0. The number of benzene rings is 2. The highest BCUT2D eigenvalue weighted by Crippen LogP contribution is 2.41. The number of alkyl halides is 1. The third-order valence-corrected chi connectivity index (χ3v) is 6.73. The molecule has 8 nitrogen and oxygen atoms in total. The van der Waals surface area contributed by atoms with Crippen molar-refractivity contribution in [1.29, 1.82) is 0 Å². The number of H-pyrrole nitrogens is 1. The summed E-state index contributed by atoms with van der Waals surface area (Å²) in [5, 5.41) is 8.60. The summed E-state index contributed by atoms with van der Waals surface area (Å²) in [6, 6.07) is 11.4. The molecule has 0 aliphatic rings. The molecule has 9 heteroatoms. The summed E-state index contributed by atoms with van der Waals surface area (Å²) in [5.74, 6) is 0.987. The molecule has 39 heavy (non-hydrogen) atoms. The third-order valence-electron chi connectivity index (χ3n) is 6.73. The molecular weight excluding hydrogens is 497 g/mol. The lowest BCUT2D eigenvalue weighted by molar-refractivity contribution is 0.0951. The Morgan fingerprint density at radius 2 is 1.87 bits per heavy atom. The maximum absolute atomic E-state index is 14.6. The Morgan fingerprint density at radius 1 is 1.15 bits per heavy atom. The number of nitrogens with zero attached hydrogens (tertiary/aromatic N) is 3. The number of halogens is 1. The van der Waals surface area contributed by atoms with Crippen LogP contribution in [0.2, 0.25) is 0 Å². The van der Waals surface area contributed by atoms with E-state index >= 15 is 0 Å². The minimum atomic E-state index is -1.47. The number of aromatic amines is 1. The highest BCUT2D eigenvalue weighted by molar-refractivity contribution is 6.04. The van der Waals surface area contributed by atoms with Crippen LogP contribution in [0.25, 0.3) is 32.9 Å². The molecule has 0 aliphatic heterocycles. The highest BCUT2D eigenvalue weighted by Gasteiger charge is 2.23. The number of rotatable bonds is 7. The number of carbonyl (C=O) groups excluding carboxylic acids is 1. The number of para-hydroxylation sites is 1. The Kier molecular flexibility index (Phi) is 6.54. The van der Waals surface area contributed by atoms with E-state index in [1.807, 2.05) is 51.1 Å². The molecule has 0 unspecified atom stereocenters. The number of amides is 1. The van der Waals surface area contributed by atoms with E-state index in [0.717, 1.165) is 27.8 Å². The van der Waals surface area contributed by atoms with Gasteiger partial charge >= 0.3 is 0 Å². The van der Waals surface area contributed by atoms with E-state index in [1.54, 1.807) is 30.2 Å². The average molecular weight is 530 g/mol. The van der Waals surface area contributed by atoms with E-state index in [1.165, 1.54) is 18.4 Å². The van der Waals surface area contributed by atoms with Gasteiger partial charge in [-0.2, -0.15) is 5.10 Å². The van der Waals surface area contributed by atoms with Crippen molar-refractivity contribution in [2.45, 2.75) is 46.8 Å². The molecule has 1 amide bonds. The molecule has 0 saturated heterocycles. The number of fused-ring (bicyclic) bond motifs is 2. The molecule has 0 spiro atoms. The van der Waals surface area contributed by atoms with Crippen LogP contribution in [-0.2, 0) is 13.6 Å². The van der Waals surface area contributed by atoms with Crippen molar-refractivity contribution >= 4 is 27.7 Å². The predicted molar refractivity (Wildman–Crippen MR) is 151 cm³/mol. The van der Waals surface area contributed by atoms with Crippen molar-refractivity contribution in [3.63, 3.8) is 0 Å². The van der Waals surface area contributed by atoms with Crippen molar-refractivity contribution in [2.24, 2.45) is 7.05 Å². The fraction of sp³-hybridized carbons (Fsp3) is 0.300. The molecule has 3 aromatic heterocycles. The van der Waals surface area contributed by atoms with Crippen molar-refractivity contribution < 1.29 is 13.9 Å². The molecule has 5 rings (SSSR count). The van der Waals surface area contributed by atoms with Crippen LogP contribution < -0.4 is 15.6 Å². The van der Waals surface area contributed by atoms with Gasteiger partial charge in [-0.15, -0.1) is 0 Å². The number of hydrogen-bond donors (Lipinski definition) is 2. The zero-order chi connectivity index (χ0) is 28.1. The molecule has 0 saturated carbocycles. The second kappa shape index (κ2) is 9.72. The van der Waals surface area contributed by atoms with E-state index in [4.69, 9.17) is 4.74 Å². The van der Waals surface area contributed by atoms with E-state index in [0.29, 0.717) is 40.0 Å². The zero-order valence-corrected chi connectivity index (χ0v) is 23.0. The highest BCUT2D eigenvalue weighted by atomic mass is 19.1. The van der Waals surface area contributed by atoms with E-state index in [9.17, 15) is 14.0 Å². The minimum Gasteiger partial charge on any atom is -0.456 e. The summed E-state index contributed by atoms with van der Waals surface area (Å²) < 4.78 is 24.3. The van der Waals surface area contributed by atoms with Gasteiger partial charge in [-0.1, -0.05) is 18.2 Å². The SMILES string of the molecule is CCNC(=O)c1cc2c(-c3cc4c(cnn4CC(C)(C)F)cc3Oc3c(C)cccc3C)cn(C)c(=O)c2[nH]1. The number of carbonyl (C=O) groups is 1. The lowest BCUT2D eigenvalue weighted by Gasteiger charge is -2.18. The van der Waals surface area contributed by atoms with Gasteiger partial charge in [0.2, 0.25) is 0 Å². The third kappa shape index (κ3) is 4.92. The van der Waals surface area contributed by atoms with E-state index in [2.05, 4.69) is 15.4 Å². The maximum Gasteiger partial charge on any atom is 0.274 e. The van der Waals surface area contributed by atoms with Crippen LogP contribution in [-0.4, -0.2) is 37.5 Å². The van der Waals surface area contributed by atoms with E-state index in [-0.39, 0.29) is 18.0 Å². The molecule has 0 aliphatic carbocycles. The van der Waals surface area contributed by atoms with Crippen LogP contribution in [0, 0.1) is 13.8 Å². The standard InChI is InChI=1S/C30H32FN5O3/c1-7-32-28(37)23-12-21-22(15-35(6)29(38)26(21)34-23)20-13-24-19(14-33-36(24)16-30(4,5)31)11-25(20)39-27-17(2)9-8-10-18(27)3/h8-15,34H,7,16H2,1-6H3,(H,32,37). The van der Waals surface area contributed by atoms with Crippen LogP contribution in [0.1, 0.15) is 42.4 Å². The minimum absolute atomic E-state index is 0.0707. The Balaban J connectivity index is 1.80. The number of aromatic nitrogens is 4. The first kappa shape index (κ1) is 26.2. The summed E-state index contributed by atoms with van der Waals surface area (Å²) in [6.45, 7) is 9.35. The van der Waals surface area contributed by atoms with Crippen LogP contribution in [0.4, 0.5) is 4.39 Å². The monoisotopic (exact) mass is 529 g/mol. The second-order valence-electron chi connectivity index (χ2n) is 10.5. The van der Waals surface area contributed by atoms with Gasteiger partial charge in [-0.3, -0.25) is 14.3 Å². The van der Waals surface area contributed by atoms with Crippen LogP contribution in [0.3, 0.4) is 0 Å². The van der Waals surface area contributed by atoms with Gasteiger partial charge < -0.3 is 19.6 Å². The Labute approximate surface area is 225 Å². The van der Waals surface area contributed by atoms with Crippen molar-refractivity contribution in [3.8, 4) is 22.6 Å². The zero-order valence-electron chi connectivity index (χ0n) is 23.0. The van der Waals surface area contributed by atoms with Gasteiger partial charge in [0.15, 0.2) is 0 Å². The normalized spacial score (nSPS) is 11.9. The molecule has 2 N–H and O–H groups in total. The molecule has 0 fully saturated rings. The van der Waals surface area contributed by atoms with Crippen molar-refractivity contribution in [3.05, 3.63) is 76.0 Å². The number of hydrogen-bond acceptors (Lipinski definition) is 4. The summed E-state index contributed by atoms with van der Waals surface area (Å²) in [6.07, 6.45) is 3.43. The Hall–Kier alpha value is -4.40. The average Bonchev–Trinajstić information content (AvgIpc) is 3.47. The van der Waals surface area contributed by atoms with Crippen LogP contribution in [0.15, 0.2) is 53.6 Å². The summed E-state index contributed by atoms with van der Waals surface area (Å²) in [5.41, 5.74) is 2.92. The fourth-order valence-electron chi connectivity index (χ4n) is 4.88. The molecule has 0 atom stereocenters. The smallest absolute Gasteiger partial charge is 0.274 e. The molecule has 2 aromatic carbocycles. The van der Waals surface area contributed by atoms with Gasteiger partial charge in [0, 0.05) is 41.7 Å². The summed E-state index contributed by atoms with van der Waals surface area (Å²) in [4.78, 5) is 28.7. The van der Waals surface area contributed by atoms with Gasteiger partial charge in [-0.25, -0.2) is 4.39 Å². The molecule has 5 aromatic rings. The topological polar surface area (TPSA) is 93.9 Å². The number of pyridine rings is 1. The first-order valence-corrected chi connectivity index (χ1v) is 12.9. The van der Waals surface area contributed by atoms with Gasteiger partial charge in [0.25, 0.3) is 11.5 Å². The maximum atomic E-state index is 14.6. The molecular formula is C30H32FN5O3. The first-order valence-electron chi connectivity index (χ1n) is 12.9. The Morgan fingerprint density at radius 3 is 2.54 bits per heavy atom. The largest absolute Gasteiger partial charge is 0.456 e. The molecule has 0 bridgehead atoms.